The van der Waals surface area contributed by atoms with E-state index in [2.05, 4.69) is 22.4 Å². The fourth-order valence-corrected chi connectivity index (χ4v) is 3.31. The van der Waals surface area contributed by atoms with Gasteiger partial charge in [-0.1, -0.05) is 41.3 Å². The first-order valence-electron chi connectivity index (χ1n) is 7.11. The SMILES string of the molecule is CCC1(c2nc(Cc3c(Cl)cccc3Cl)no2)CCNC1. The molecule has 21 heavy (non-hydrogen) atoms. The Labute approximate surface area is 133 Å². The van der Waals surface area contributed by atoms with E-state index in [1.165, 1.54) is 0 Å². The van der Waals surface area contributed by atoms with E-state index in [0.29, 0.717) is 28.2 Å². The Morgan fingerprint density at radius 1 is 1.33 bits per heavy atom. The van der Waals surface area contributed by atoms with Crippen molar-refractivity contribution in [3.05, 3.63) is 45.5 Å². The van der Waals surface area contributed by atoms with Crippen LogP contribution in [0.15, 0.2) is 22.7 Å². The first-order valence-corrected chi connectivity index (χ1v) is 7.87. The van der Waals surface area contributed by atoms with Crippen molar-refractivity contribution in [2.24, 2.45) is 0 Å². The second kappa shape index (κ2) is 5.95. The number of hydrogen-bond donors (Lipinski definition) is 1. The van der Waals surface area contributed by atoms with Crippen molar-refractivity contribution in [1.82, 2.24) is 15.5 Å². The van der Waals surface area contributed by atoms with Crippen LogP contribution < -0.4 is 5.32 Å². The molecule has 1 aromatic heterocycles. The maximum atomic E-state index is 6.19. The molecule has 4 nitrogen and oxygen atoms in total. The minimum atomic E-state index is -0.0322. The molecule has 0 aliphatic carbocycles. The monoisotopic (exact) mass is 325 g/mol. The van der Waals surface area contributed by atoms with Crippen LogP contribution in [0.25, 0.3) is 0 Å². The van der Waals surface area contributed by atoms with Crippen LogP contribution in [-0.4, -0.2) is 23.2 Å². The molecule has 0 spiro atoms. The van der Waals surface area contributed by atoms with Gasteiger partial charge in [0.2, 0.25) is 5.89 Å². The Balaban J connectivity index is 1.86. The van der Waals surface area contributed by atoms with Crippen molar-refractivity contribution < 1.29 is 4.52 Å². The number of hydrogen-bond acceptors (Lipinski definition) is 4. The van der Waals surface area contributed by atoms with Crippen molar-refractivity contribution in [2.45, 2.75) is 31.6 Å². The van der Waals surface area contributed by atoms with Crippen molar-refractivity contribution in [3.63, 3.8) is 0 Å². The second-order valence-electron chi connectivity index (χ2n) is 5.45. The Bertz CT molecular complexity index is 615. The third kappa shape index (κ3) is 2.80. The first kappa shape index (κ1) is 14.8. The first-order chi connectivity index (χ1) is 10.1. The third-order valence-corrected chi connectivity index (χ3v) is 4.95. The van der Waals surface area contributed by atoms with Crippen LogP contribution in [0.4, 0.5) is 0 Å². The van der Waals surface area contributed by atoms with Crippen molar-refractivity contribution in [1.29, 1.82) is 0 Å². The van der Waals surface area contributed by atoms with Crippen molar-refractivity contribution in [3.8, 4) is 0 Å². The molecule has 3 rings (SSSR count). The van der Waals surface area contributed by atoms with Gasteiger partial charge < -0.3 is 9.84 Å². The van der Waals surface area contributed by atoms with Gasteiger partial charge in [-0.2, -0.15) is 4.98 Å². The normalized spacial score (nSPS) is 21.9. The molecule has 1 unspecified atom stereocenters. The van der Waals surface area contributed by atoms with E-state index in [1.54, 1.807) is 0 Å². The van der Waals surface area contributed by atoms with E-state index in [9.17, 15) is 0 Å². The molecule has 1 saturated heterocycles. The maximum Gasteiger partial charge on any atom is 0.234 e. The van der Waals surface area contributed by atoms with Crippen LogP contribution in [0.2, 0.25) is 10.0 Å². The van der Waals surface area contributed by atoms with Crippen molar-refractivity contribution >= 4 is 23.2 Å². The van der Waals surface area contributed by atoms with Crippen LogP contribution in [0.3, 0.4) is 0 Å². The van der Waals surface area contributed by atoms with Crippen LogP contribution in [0, 0.1) is 0 Å². The summed E-state index contributed by atoms with van der Waals surface area (Å²) >= 11 is 12.4. The van der Waals surface area contributed by atoms with E-state index < -0.39 is 0 Å². The number of aromatic nitrogens is 2. The summed E-state index contributed by atoms with van der Waals surface area (Å²) in [6.45, 7) is 4.03. The molecule has 0 radical (unpaired) electrons. The topological polar surface area (TPSA) is 51.0 Å². The van der Waals surface area contributed by atoms with Crippen LogP contribution in [0.1, 0.15) is 37.0 Å². The van der Waals surface area contributed by atoms with Gasteiger partial charge in [-0.3, -0.25) is 0 Å². The number of rotatable bonds is 4. The summed E-state index contributed by atoms with van der Waals surface area (Å²) in [5.41, 5.74) is 0.804. The highest BCUT2D eigenvalue weighted by Crippen LogP contribution is 2.33. The molecule has 1 fully saturated rings. The van der Waals surface area contributed by atoms with Gasteiger partial charge in [-0.05, 0) is 37.1 Å². The quantitative estimate of drug-likeness (QED) is 0.932. The van der Waals surface area contributed by atoms with Gasteiger partial charge in [-0.15, -0.1) is 0 Å². The van der Waals surface area contributed by atoms with Crippen LogP contribution in [0.5, 0.6) is 0 Å². The van der Waals surface area contributed by atoms with E-state index in [0.717, 1.165) is 31.5 Å². The Hall–Kier alpha value is -1.10. The zero-order valence-electron chi connectivity index (χ0n) is 11.8. The molecule has 0 bridgehead atoms. The zero-order valence-corrected chi connectivity index (χ0v) is 13.3. The molecule has 1 atom stereocenters. The highest BCUT2D eigenvalue weighted by Gasteiger charge is 2.39. The highest BCUT2D eigenvalue weighted by atomic mass is 35.5. The van der Waals surface area contributed by atoms with E-state index in [1.807, 2.05) is 18.2 Å². The average molecular weight is 326 g/mol. The standard InChI is InChI=1S/C15H17Cl2N3O/c1-2-15(6-7-18-9-15)14-19-13(20-21-14)8-10-11(16)4-3-5-12(10)17/h3-5,18H,2,6-9H2,1H3. The predicted molar refractivity (Wildman–Crippen MR) is 83.0 cm³/mol. The number of halogens is 2. The fourth-order valence-electron chi connectivity index (χ4n) is 2.78. The molecule has 0 saturated carbocycles. The average Bonchev–Trinajstić information content (AvgIpc) is 3.13. The summed E-state index contributed by atoms with van der Waals surface area (Å²) in [5.74, 6) is 1.34. The molecule has 2 heterocycles. The summed E-state index contributed by atoms with van der Waals surface area (Å²) in [6, 6.07) is 5.46. The smallest absolute Gasteiger partial charge is 0.234 e. The lowest BCUT2D eigenvalue weighted by molar-refractivity contribution is 0.283. The van der Waals surface area contributed by atoms with Crippen molar-refractivity contribution in [2.75, 3.05) is 13.1 Å². The van der Waals surface area contributed by atoms with Gasteiger partial charge in [0.15, 0.2) is 5.82 Å². The van der Waals surface area contributed by atoms with Gasteiger partial charge in [-0.25, -0.2) is 0 Å². The molecular weight excluding hydrogens is 309 g/mol. The number of nitrogens with one attached hydrogen (secondary N) is 1. The summed E-state index contributed by atoms with van der Waals surface area (Å²) in [4.78, 5) is 4.58. The Kier molecular flexibility index (Phi) is 4.20. The fraction of sp³-hybridized carbons (Fsp3) is 0.467. The molecule has 1 aromatic carbocycles. The summed E-state index contributed by atoms with van der Waals surface area (Å²) < 4.78 is 5.51. The third-order valence-electron chi connectivity index (χ3n) is 4.24. The molecule has 1 N–H and O–H groups in total. The van der Waals surface area contributed by atoms with Gasteiger partial charge in [0.1, 0.15) is 0 Å². The largest absolute Gasteiger partial charge is 0.339 e. The summed E-state index contributed by atoms with van der Waals surface area (Å²) in [5, 5.41) is 8.72. The lowest BCUT2D eigenvalue weighted by Gasteiger charge is -2.20. The second-order valence-corrected chi connectivity index (χ2v) is 6.27. The molecule has 0 amide bonds. The van der Waals surface area contributed by atoms with Gasteiger partial charge in [0.05, 0.1) is 5.41 Å². The van der Waals surface area contributed by atoms with E-state index >= 15 is 0 Å². The number of nitrogens with zero attached hydrogens (tertiary/aromatic N) is 2. The molecular formula is C15H17Cl2N3O. The maximum absolute atomic E-state index is 6.19. The van der Waals surface area contributed by atoms with E-state index in [-0.39, 0.29) is 5.41 Å². The minimum Gasteiger partial charge on any atom is -0.339 e. The van der Waals surface area contributed by atoms with Gasteiger partial charge in [0, 0.05) is 23.0 Å². The summed E-state index contributed by atoms with van der Waals surface area (Å²) in [7, 11) is 0. The van der Waals surface area contributed by atoms with Crippen LogP contribution >= 0.6 is 23.2 Å². The molecule has 6 heteroatoms. The van der Waals surface area contributed by atoms with Gasteiger partial charge >= 0.3 is 0 Å². The van der Waals surface area contributed by atoms with E-state index in [4.69, 9.17) is 27.7 Å². The molecule has 1 aliphatic heterocycles. The number of benzene rings is 1. The Morgan fingerprint density at radius 2 is 2.10 bits per heavy atom. The molecule has 112 valence electrons. The van der Waals surface area contributed by atoms with Crippen LogP contribution in [-0.2, 0) is 11.8 Å². The lowest BCUT2D eigenvalue weighted by Crippen LogP contribution is -2.28. The Morgan fingerprint density at radius 3 is 2.71 bits per heavy atom. The summed E-state index contributed by atoms with van der Waals surface area (Å²) in [6.07, 6.45) is 2.49. The predicted octanol–water partition coefficient (Wildman–Crippen LogP) is 3.61. The zero-order chi connectivity index (χ0) is 14.9. The molecule has 1 aliphatic rings. The lowest BCUT2D eigenvalue weighted by atomic mass is 9.84. The molecule has 2 aromatic rings. The van der Waals surface area contributed by atoms with Gasteiger partial charge in [0.25, 0.3) is 0 Å². The highest BCUT2D eigenvalue weighted by molar-refractivity contribution is 6.36. The minimum absolute atomic E-state index is 0.0322.